The quantitative estimate of drug-likeness (QED) is 0.906. The lowest BCUT2D eigenvalue weighted by Crippen LogP contribution is -2.32. The zero-order valence-corrected chi connectivity index (χ0v) is 11.8. The van der Waals surface area contributed by atoms with E-state index in [9.17, 15) is 8.42 Å². The van der Waals surface area contributed by atoms with Gasteiger partial charge in [-0.25, -0.2) is 8.42 Å². The summed E-state index contributed by atoms with van der Waals surface area (Å²) in [5, 5.41) is 3.84. The number of benzene rings is 1. The van der Waals surface area contributed by atoms with Crippen molar-refractivity contribution >= 4 is 27.1 Å². The van der Waals surface area contributed by atoms with E-state index >= 15 is 0 Å². The van der Waals surface area contributed by atoms with Crippen molar-refractivity contribution in [2.24, 2.45) is 0 Å². The highest BCUT2D eigenvalue weighted by Crippen LogP contribution is 2.39. The van der Waals surface area contributed by atoms with Crippen LogP contribution < -0.4 is 14.8 Å². The number of fused-ring (bicyclic) bond motifs is 1. The minimum atomic E-state index is -2.85. The molecule has 5 nitrogen and oxygen atoms in total. The van der Waals surface area contributed by atoms with Crippen molar-refractivity contribution in [3.63, 3.8) is 0 Å². The second-order valence-electron chi connectivity index (χ2n) is 4.76. The van der Waals surface area contributed by atoms with E-state index in [1.54, 1.807) is 12.1 Å². The number of halogens is 1. The van der Waals surface area contributed by atoms with Crippen molar-refractivity contribution in [3.8, 4) is 11.5 Å². The minimum Gasteiger partial charge on any atom is -0.454 e. The molecule has 1 fully saturated rings. The van der Waals surface area contributed by atoms with Gasteiger partial charge in [0, 0.05) is 18.2 Å². The predicted octanol–water partition coefficient (Wildman–Crippen LogP) is 2.06. The average Bonchev–Trinajstić information content (AvgIpc) is 2.79. The molecule has 0 spiro atoms. The maximum absolute atomic E-state index is 11.4. The zero-order chi connectivity index (χ0) is 13.5. The van der Waals surface area contributed by atoms with Gasteiger partial charge in [-0.1, -0.05) is 11.6 Å². The van der Waals surface area contributed by atoms with Crippen LogP contribution in [0.15, 0.2) is 12.1 Å². The van der Waals surface area contributed by atoms with Gasteiger partial charge < -0.3 is 14.8 Å². The van der Waals surface area contributed by atoms with Gasteiger partial charge in [0.05, 0.1) is 22.2 Å². The molecule has 2 aliphatic rings. The van der Waals surface area contributed by atoms with Crippen LogP contribution in [0.1, 0.15) is 12.8 Å². The molecule has 104 valence electrons. The highest BCUT2D eigenvalue weighted by Gasteiger charge is 2.25. The Hall–Kier alpha value is -1.14. The van der Waals surface area contributed by atoms with Crippen LogP contribution >= 0.6 is 11.6 Å². The first-order valence-electron chi connectivity index (χ1n) is 6.10. The average molecular weight is 304 g/mol. The molecule has 2 heterocycles. The van der Waals surface area contributed by atoms with Crippen LogP contribution in [-0.4, -0.2) is 32.8 Å². The van der Waals surface area contributed by atoms with Crippen LogP contribution in [0.5, 0.6) is 11.5 Å². The molecule has 0 atom stereocenters. The molecule has 0 saturated carbocycles. The van der Waals surface area contributed by atoms with Crippen molar-refractivity contribution < 1.29 is 17.9 Å². The predicted molar refractivity (Wildman–Crippen MR) is 72.9 cm³/mol. The summed E-state index contributed by atoms with van der Waals surface area (Å²) in [4.78, 5) is 0. The summed E-state index contributed by atoms with van der Waals surface area (Å²) in [5.41, 5.74) is 0.759. The molecule has 0 radical (unpaired) electrons. The van der Waals surface area contributed by atoms with E-state index in [4.69, 9.17) is 21.1 Å². The fourth-order valence-electron chi connectivity index (χ4n) is 2.28. The third-order valence-corrected chi connectivity index (χ3v) is 5.40. The maximum atomic E-state index is 11.4. The van der Waals surface area contributed by atoms with E-state index in [-0.39, 0.29) is 24.3 Å². The van der Waals surface area contributed by atoms with Gasteiger partial charge in [-0.15, -0.1) is 0 Å². The van der Waals surface area contributed by atoms with Gasteiger partial charge in [0.15, 0.2) is 11.5 Å². The van der Waals surface area contributed by atoms with Gasteiger partial charge in [0.2, 0.25) is 6.79 Å². The molecule has 1 aromatic rings. The normalized spacial score (nSPS) is 21.3. The molecule has 1 aromatic carbocycles. The highest BCUT2D eigenvalue weighted by atomic mass is 35.5. The van der Waals surface area contributed by atoms with E-state index in [0.717, 1.165) is 5.69 Å². The van der Waals surface area contributed by atoms with E-state index < -0.39 is 9.84 Å². The number of hydrogen-bond donors (Lipinski definition) is 1. The fourth-order valence-corrected chi connectivity index (χ4v) is 3.98. The first-order valence-corrected chi connectivity index (χ1v) is 8.29. The number of anilines is 1. The Bertz CT molecular complexity index is 588. The smallest absolute Gasteiger partial charge is 0.231 e. The van der Waals surface area contributed by atoms with Gasteiger partial charge in [-0.3, -0.25) is 0 Å². The van der Waals surface area contributed by atoms with Gasteiger partial charge in [-0.05, 0) is 12.8 Å². The molecule has 0 amide bonds. The summed E-state index contributed by atoms with van der Waals surface area (Å²) >= 11 is 6.17. The summed E-state index contributed by atoms with van der Waals surface area (Å²) in [7, 11) is -2.85. The fraction of sp³-hybridized carbons (Fsp3) is 0.500. The third kappa shape index (κ3) is 2.74. The molecule has 0 aliphatic carbocycles. The number of nitrogens with one attached hydrogen (secondary N) is 1. The Labute approximate surface area is 116 Å². The summed E-state index contributed by atoms with van der Waals surface area (Å²) in [6, 6.07) is 3.64. The van der Waals surface area contributed by atoms with Crippen LogP contribution in [0.3, 0.4) is 0 Å². The lowest BCUT2D eigenvalue weighted by molar-refractivity contribution is 0.174. The number of sulfone groups is 1. The van der Waals surface area contributed by atoms with Crippen molar-refractivity contribution in [3.05, 3.63) is 17.2 Å². The lowest BCUT2D eigenvalue weighted by Gasteiger charge is -2.24. The van der Waals surface area contributed by atoms with Crippen LogP contribution in [-0.2, 0) is 9.84 Å². The Morgan fingerprint density at radius 1 is 1.16 bits per heavy atom. The molecule has 19 heavy (non-hydrogen) atoms. The molecule has 7 heteroatoms. The Morgan fingerprint density at radius 3 is 2.47 bits per heavy atom. The molecule has 0 unspecified atom stereocenters. The Morgan fingerprint density at radius 2 is 1.79 bits per heavy atom. The summed E-state index contributed by atoms with van der Waals surface area (Å²) in [6.07, 6.45) is 1.21. The molecule has 0 bridgehead atoms. The van der Waals surface area contributed by atoms with E-state index in [2.05, 4.69) is 5.32 Å². The summed E-state index contributed by atoms with van der Waals surface area (Å²) in [6.45, 7) is 0.205. The Balaban J connectivity index is 1.74. The monoisotopic (exact) mass is 303 g/mol. The van der Waals surface area contributed by atoms with Crippen LogP contribution in [0.4, 0.5) is 5.69 Å². The second-order valence-corrected chi connectivity index (χ2v) is 7.47. The van der Waals surface area contributed by atoms with Gasteiger partial charge in [-0.2, -0.15) is 0 Å². The highest BCUT2D eigenvalue weighted by molar-refractivity contribution is 7.91. The standard InChI is InChI=1S/C12H14ClNO4S/c13-9-5-11-12(18-7-17-11)6-10(9)14-8-1-3-19(15,16)4-2-8/h5-6,8,14H,1-4,7H2. The lowest BCUT2D eigenvalue weighted by atomic mass is 10.1. The zero-order valence-electron chi connectivity index (χ0n) is 10.2. The van der Waals surface area contributed by atoms with Crippen molar-refractivity contribution in [2.45, 2.75) is 18.9 Å². The maximum Gasteiger partial charge on any atom is 0.231 e. The largest absolute Gasteiger partial charge is 0.454 e. The van der Waals surface area contributed by atoms with Crippen LogP contribution in [0.2, 0.25) is 5.02 Å². The molecule has 3 rings (SSSR count). The number of rotatable bonds is 2. The SMILES string of the molecule is O=S1(=O)CCC(Nc2cc3c(cc2Cl)OCO3)CC1. The van der Waals surface area contributed by atoms with Crippen LogP contribution in [0.25, 0.3) is 0 Å². The minimum absolute atomic E-state index is 0.126. The molecule has 2 aliphatic heterocycles. The van der Waals surface area contributed by atoms with Crippen molar-refractivity contribution in [1.29, 1.82) is 0 Å². The van der Waals surface area contributed by atoms with Crippen molar-refractivity contribution in [1.82, 2.24) is 0 Å². The van der Waals surface area contributed by atoms with Crippen molar-refractivity contribution in [2.75, 3.05) is 23.6 Å². The van der Waals surface area contributed by atoms with Crippen LogP contribution in [0, 0.1) is 0 Å². The van der Waals surface area contributed by atoms with E-state index in [1.807, 2.05) is 0 Å². The van der Waals surface area contributed by atoms with Gasteiger partial charge >= 0.3 is 0 Å². The third-order valence-electron chi connectivity index (χ3n) is 3.38. The first-order chi connectivity index (χ1) is 9.03. The summed E-state index contributed by atoms with van der Waals surface area (Å²) < 4.78 is 33.3. The Kier molecular flexibility index (Phi) is 3.22. The van der Waals surface area contributed by atoms with Gasteiger partial charge in [0.25, 0.3) is 0 Å². The second kappa shape index (κ2) is 4.76. The molecular formula is C12H14ClNO4S. The molecule has 1 saturated heterocycles. The molecule has 0 aromatic heterocycles. The summed E-state index contributed by atoms with van der Waals surface area (Å²) in [5.74, 6) is 1.76. The topological polar surface area (TPSA) is 64.6 Å². The number of ether oxygens (including phenoxy) is 2. The van der Waals surface area contributed by atoms with Gasteiger partial charge in [0.1, 0.15) is 9.84 Å². The van der Waals surface area contributed by atoms with E-state index in [1.165, 1.54) is 0 Å². The molecule has 1 N–H and O–H groups in total. The van der Waals surface area contributed by atoms with E-state index in [0.29, 0.717) is 29.4 Å². The first kappa shape index (κ1) is 12.9. The number of hydrogen-bond acceptors (Lipinski definition) is 5. The molecular weight excluding hydrogens is 290 g/mol.